The van der Waals surface area contributed by atoms with E-state index in [1.165, 1.54) is 32.7 Å². The van der Waals surface area contributed by atoms with Gasteiger partial charge in [0.1, 0.15) is 22.5 Å². The fraction of sp³-hybridized carbons (Fsp3) is 0.0787. The third-order valence-corrected chi connectivity index (χ3v) is 19.4. The highest BCUT2D eigenvalue weighted by atomic mass is 16.3. The van der Waals surface area contributed by atoms with Crippen LogP contribution in [0.4, 0.5) is 28.4 Å². The molecule has 95 heavy (non-hydrogen) atoms. The van der Waals surface area contributed by atoms with Crippen molar-refractivity contribution in [2.24, 2.45) is 0 Å². The van der Waals surface area contributed by atoms with Crippen LogP contribution in [0.5, 0.6) is 0 Å². The number of aromatic nitrogens is 2. The number of allylic oxidation sites excluding steroid dienone is 1. The molecule has 0 bridgehead atoms. The van der Waals surface area contributed by atoms with Crippen LogP contribution in [0.3, 0.4) is 0 Å². The Morgan fingerprint density at radius 1 is 0.400 bits per heavy atom. The van der Waals surface area contributed by atoms with Crippen molar-refractivity contribution in [2.45, 2.75) is 46.5 Å². The first kappa shape index (κ1) is 57.1. The highest BCUT2D eigenvalue weighted by Crippen LogP contribution is 2.51. The van der Waals surface area contributed by atoms with E-state index in [1.54, 1.807) is 0 Å². The normalized spacial score (nSPS) is 12.1. The Balaban J connectivity index is 0.944. The van der Waals surface area contributed by atoms with Gasteiger partial charge in [0.05, 0.1) is 33.4 Å². The van der Waals surface area contributed by atoms with Crippen molar-refractivity contribution >= 4 is 128 Å². The summed E-state index contributed by atoms with van der Waals surface area (Å²) in [4.78, 5) is 4.84. The third-order valence-electron chi connectivity index (χ3n) is 19.4. The zero-order chi connectivity index (χ0) is 64.0. The van der Waals surface area contributed by atoms with Crippen LogP contribution in [0.2, 0.25) is 0 Å². The SMILES string of the molecule is C=Cc1oc2c(-c3ccccc3)cc3c(cc(-c4ccccc4)c4oc5ccc(N(c6ccccc6)c6cccc7c8ccccc8n(-c8ccc(C(C)C)cc8)c67)cc5c43)c2c1/C=C(\C)N(c1ccccc1)c1cccc2c3ccccc3n(-c3ccc(C(C)C)cc3)c12. The van der Waals surface area contributed by atoms with Crippen molar-refractivity contribution in [1.29, 1.82) is 0 Å². The fourth-order valence-electron chi connectivity index (χ4n) is 14.9. The third kappa shape index (κ3) is 9.38. The summed E-state index contributed by atoms with van der Waals surface area (Å²) in [6, 6.07) is 104. The van der Waals surface area contributed by atoms with Crippen molar-refractivity contribution in [1.82, 2.24) is 9.13 Å². The Hall–Kier alpha value is -11.9. The molecule has 0 aliphatic rings. The molecule has 0 aliphatic carbocycles. The van der Waals surface area contributed by atoms with Gasteiger partial charge in [-0.15, -0.1) is 0 Å². The second-order valence-electron chi connectivity index (χ2n) is 25.6. The summed E-state index contributed by atoms with van der Waals surface area (Å²) in [6.45, 7) is 15.7. The summed E-state index contributed by atoms with van der Waals surface area (Å²) in [6.07, 6.45) is 4.20. The molecule has 4 heterocycles. The van der Waals surface area contributed by atoms with E-state index in [0.29, 0.717) is 17.6 Å². The van der Waals surface area contributed by atoms with Gasteiger partial charge in [0.15, 0.2) is 0 Å². The maximum atomic E-state index is 7.35. The van der Waals surface area contributed by atoms with Crippen molar-refractivity contribution < 1.29 is 8.83 Å². The van der Waals surface area contributed by atoms with Crippen molar-refractivity contribution in [3.63, 3.8) is 0 Å². The molecule has 0 saturated heterocycles. The maximum Gasteiger partial charge on any atom is 0.143 e. The van der Waals surface area contributed by atoms with E-state index < -0.39 is 0 Å². The average Bonchev–Trinajstić information content (AvgIpc) is 1.62. The number of rotatable bonds is 14. The predicted octanol–water partition coefficient (Wildman–Crippen LogP) is 25.6. The molecule has 0 spiro atoms. The van der Waals surface area contributed by atoms with Gasteiger partial charge in [0.25, 0.3) is 0 Å². The van der Waals surface area contributed by atoms with E-state index in [0.717, 1.165) is 139 Å². The molecule has 6 nitrogen and oxygen atoms in total. The van der Waals surface area contributed by atoms with Gasteiger partial charge in [-0.25, -0.2) is 0 Å². The topological polar surface area (TPSA) is 42.6 Å². The lowest BCUT2D eigenvalue weighted by molar-refractivity contribution is 0.604. The van der Waals surface area contributed by atoms with E-state index in [1.807, 2.05) is 6.08 Å². The smallest absolute Gasteiger partial charge is 0.143 e. The predicted molar refractivity (Wildman–Crippen MR) is 402 cm³/mol. The van der Waals surface area contributed by atoms with Gasteiger partial charge in [-0.3, -0.25) is 0 Å². The van der Waals surface area contributed by atoms with Gasteiger partial charge in [-0.2, -0.15) is 0 Å². The molecule has 0 saturated carbocycles. The summed E-state index contributed by atoms with van der Waals surface area (Å²) in [5.41, 5.74) is 22.8. The molecule has 0 N–H and O–H groups in total. The molecule has 0 unspecified atom stereocenters. The number of anilines is 5. The highest BCUT2D eigenvalue weighted by Gasteiger charge is 2.29. The minimum absolute atomic E-state index is 0.408. The lowest BCUT2D eigenvalue weighted by Crippen LogP contribution is -2.15. The van der Waals surface area contributed by atoms with E-state index in [2.05, 4.69) is 351 Å². The van der Waals surface area contributed by atoms with Crippen molar-refractivity contribution in [2.75, 3.05) is 9.80 Å². The molecule has 0 aliphatic heterocycles. The Morgan fingerprint density at radius 2 is 0.863 bits per heavy atom. The standard InChI is InChI=1S/C89H68N4O2/c1-7-82-76(52-58(6)90(63-30-16-10-17-31-63)80-40-24-36-70-68-34-20-22-38-78(68)92(86(70)80)65-46-42-59(43-47-65)56(2)3)84-74-55-73(62-28-14-9-15-29-62)89-85(75(74)54-72(88(84)94-82)61-26-12-8-13-27-61)77-53-67(50-51-83(77)95-89)91(64-32-18-11-19-33-64)81-41-25-37-71-69-35-21-23-39-79(69)93(87(71)81)66-48-44-60(45-49-66)57(4)5/h7-57H,1H2,2-6H3/b58-52+. The average molecular weight is 1230 g/mol. The van der Waals surface area contributed by atoms with Gasteiger partial charge in [0.2, 0.25) is 0 Å². The van der Waals surface area contributed by atoms with E-state index in [4.69, 9.17) is 8.83 Å². The van der Waals surface area contributed by atoms with Gasteiger partial charge < -0.3 is 27.8 Å². The Morgan fingerprint density at radius 3 is 1.40 bits per heavy atom. The Bertz CT molecular complexity index is 5850. The van der Waals surface area contributed by atoms with Crippen LogP contribution < -0.4 is 9.80 Å². The lowest BCUT2D eigenvalue weighted by Gasteiger charge is -2.28. The Kier molecular flexibility index (Phi) is 13.9. The molecular weight excluding hydrogens is 1160 g/mol. The molecule has 0 fully saturated rings. The van der Waals surface area contributed by atoms with Crippen molar-refractivity contribution in [3.05, 3.63) is 320 Å². The first-order valence-corrected chi connectivity index (χ1v) is 33.0. The second-order valence-corrected chi connectivity index (χ2v) is 25.6. The highest BCUT2D eigenvalue weighted by molar-refractivity contribution is 6.30. The van der Waals surface area contributed by atoms with Gasteiger partial charge in [-0.05, 0) is 167 Å². The molecule has 0 atom stereocenters. The van der Waals surface area contributed by atoms with Crippen LogP contribution in [0.1, 0.15) is 68.9 Å². The maximum absolute atomic E-state index is 7.35. The van der Waals surface area contributed by atoms with Crippen LogP contribution in [-0.2, 0) is 0 Å². The summed E-state index contributed by atoms with van der Waals surface area (Å²) < 4.78 is 19.6. The van der Waals surface area contributed by atoms with E-state index >= 15 is 0 Å². The van der Waals surface area contributed by atoms with E-state index in [-0.39, 0.29) is 0 Å². The molecule has 0 amide bonds. The number of furan rings is 2. The summed E-state index contributed by atoms with van der Waals surface area (Å²) in [5, 5.41) is 9.81. The first-order chi connectivity index (χ1) is 46.7. The van der Waals surface area contributed by atoms with Crippen molar-refractivity contribution in [3.8, 4) is 33.6 Å². The molecule has 17 aromatic rings. The summed E-state index contributed by atoms with van der Waals surface area (Å²) in [5.74, 6) is 1.49. The number of benzene rings is 13. The molecule has 0 radical (unpaired) electrons. The summed E-state index contributed by atoms with van der Waals surface area (Å²) in [7, 11) is 0. The molecule has 6 heteroatoms. The lowest BCUT2D eigenvalue weighted by atomic mass is 9.90. The first-order valence-electron chi connectivity index (χ1n) is 33.0. The number of nitrogens with zero attached hydrogens (tertiary/aromatic N) is 4. The molecule has 456 valence electrons. The zero-order valence-corrected chi connectivity index (χ0v) is 53.8. The second kappa shape index (κ2) is 23.1. The van der Waals surface area contributed by atoms with Crippen LogP contribution in [0, 0.1) is 0 Å². The largest absolute Gasteiger partial charge is 0.455 e. The van der Waals surface area contributed by atoms with E-state index in [9.17, 15) is 0 Å². The minimum atomic E-state index is 0.408. The number of fused-ring (bicyclic) bond motifs is 13. The molecular formula is C89H68N4O2. The van der Waals surface area contributed by atoms with Crippen LogP contribution in [-0.4, -0.2) is 9.13 Å². The van der Waals surface area contributed by atoms with Gasteiger partial charge in [0, 0.05) is 88.5 Å². The molecule has 17 rings (SSSR count). The molecule has 13 aromatic carbocycles. The van der Waals surface area contributed by atoms with Crippen LogP contribution in [0.25, 0.3) is 133 Å². The van der Waals surface area contributed by atoms with Gasteiger partial charge >= 0.3 is 0 Å². The Labute approximate surface area is 552 Å². The summed E-state index contributed by atoms with van der Waals surface area (Å²) >= 11 is 0. The molecule has 4 aromatic heterocycles. The minimum Gasteiger partial charge on any atom is -0.455 e. The van der Waals surface area contributed by atoms with Gasteiger partial charge in [-0.1, -0.05) is 216 Å². The number of hydrogen-bond acceptors (Lipinski definition) is 4. The fourth-order valence-corrected chi connectivity index (χ4v) is 14.9. The zero-order valence-electron chi connectivity index (χ0n) is 53.8. The quantitative estimate of drug-likeness (QED) is 0.109. The van der Waals surface area contributed by atoms with Crippen LogP contribution >= 0.6 is 0 Å². The number of para-hydroxylation sites is 6. The monoisotopic (exact) mass is 1220 g/mol. The van der Waals surface area contributed by atoms with Crippen LogP contribution in [0.15, 0.2) is 306 Å². The number of hydrogen-bond donors (Lipinski definition) is 0.